The van der Waals surface area contributed by atoms with Crippen molar-refractivity contribution >= 4 is 19.6 Å². The Balaban J connectivity index is 2.09. The van der Waals surface area contributed by atoms with Gasteiger partial charge in [0.15, 0.2) is 5.56 Å². The van der Waals surface area contributed by atoms with Gasteiger partial charge in [-0.25, -0.2) is 0 Å². The van der Waals surface area contributed by atoms with E-state index in [-0.39, 0.29) is 10.9 Å². The highest BCUT2D eigenvalue weighted by atomic mass is 32.2. The SMILES string of the molecule is [B]C1(C)CCCCC2C(C1)O[C@H](SC)N2C. The van der Waals surface area contributed by atoms with Crippen LogP contribution in [-0.4, -0.2) is 43.8 Å². The predicted molar refractivity (Wildman–Crippen MR) is 70.9 cm³/mol. The summed E-state index contributed by atoms with van der Waals surface area (Å²) in [6, 6.07) is 0.570. The second-order valence-corrected chi connectivity index (χ2v) is 6.43. The molecule has 2 nitrogen and oxygen atoms in total. The number of ether oxygens (including phenoxy) is 1. The molecular weight excluding hydrogens is 217 g/mol. The minimum absolute atomic E-state index is 0.0442. The summed E-state index contributed by atoms with van der Waals surface area (Å²) < 4.78 is 6.11. The highest BCUT2D eigenvalue weighted by molar-refractivity contribution is 7.99. The van der Waals surface area contributed by atoms with E-state index in [1.165, 1.54) is 19.3 Å². The number of nitrogens with zero attached hydrogens (tertiary/aromatic N) is 1. The van der Waals surface area contributed by atoms with Crippen LogP contribution < -0.4 is 0 Å². The molecule has 0 aromatic heterocycles. The van der Waals surface area contributed by atoms with Crippen molar-refractivity contribution in [3.8, 4) is 0 Å². The lowest BCUT2D eigenvalue weighted by Gasteiger charge is -2.34. The van der Waals surface area contributed by atoms with Crippen LogP contribution >= 0.6 is 11.8 Å². The van der Waals surface area contributed by atoms with Gasteiger partial charge < -0.3 is 4.74 Å². The number of likely N-dealkylation sites (N-methyl/N-ethyl adjacent to an activating group) is 1. The van der Waals surface area contributed by atoms with Crippen LogP contribution in [0.1, 0.15) is 39.0 Å². The van der Waals surface area contributed by atoms with Gasteiger partial charge in [0.05, 0.1) is 14.0 Å². The first-order valence-electron chi connectivity index (χ1n) is 6.22. The van der Waals surface area contributed by atoms with E-state index in [4.69, 9.17) is 12.6 Å². The monoisotopic (exact) mass is 239 g/mol. The van der Waals surface area contributed by atoms with Gasteiger partial charge in [-0.05, 0) is 26.1 Å². The summed E-state index contributed by atoms with van der Waals surface area (Å²) in [5.41, 5.74) is 0.226. The number of fused-ring (bicyclic) bond motifs is 1. The van der Waals surface area contributed by atoms with Crippen molar-refractivity contribution in [3.05, 3.63) is 0 Å². The van der Waals surface area contributed by atoms with Crippen molar-refractivity contribution in [2.75, 3.05) is 13.3 Å². The van der Waals surface area contributed by atoms with Crippen LogP contribution in [0, 0.1) is 0 Å². The first-order valence-corrected chi connectivity index (χ1v) is 7.51. The summed E-state index contributed by atoms with van der Waals surface area (Å²) in [6.45, 7) is 2.17. The molecule has 4 heteroatoms. The zero-order valence-electron chi connectivity index (χ0n) is 10.6. The molecule has 1 heterocycles. The summed E-state index contributed by atoms with van der Waals surface area (Å²) in [4.78, 5) is 2.39. The third-order valence-corrected chi connectivity index (χ3v) is 4.79. The highest BCUT2D eigenvalue weighted by Crippen LogP contribution is 2.43. The number of hydrogen-bond donors (Lipinski definition) is 0. The summed E-state index contributed by atoms with van der Waals surface area (Å²) in [5, 5.41) is -0.0442. The van der Waals surface area contributed by atoms with Gasteiger partial charge in [0.1, 0.15) is 0 Å². The van der Waals surface area contributed by atoms with E-state index in [9.17, 15) is 0 Å². The molecule has 90 valence electrons. The van der Waals surface area contributed by atoms with Crippen molar-refractivity contribution in [2.45, 2.75) is 62.0 Å². The van der Waals surface area contributed by atoms with E-state index < -0.39 is 0 Å². The summed E-state index contributed by atoms with van der Waals surface area (Å²) in [5.74, 6) is 0. The Hall–Kier alpha value is 0.335. The minimum atomic E-state index is -0.0442. The molecule has 0 spiro atoms. The van der Waals surface area contributed by atoms with E-state index >= 15 is 0 Å². The Labute approximate surface area is 105 Å². The normalized spacial score (nSPS) is 46.1. The largest absolute Gasteiger partial charge is 0.349 e. The maximum absolute atomic E-state index is 6.33. The zero-order valence-corrected chi connectivity index (χ0v) is 11.4. The van der Waals surface area contributed by atoms with E-state index in [0.717, 1.165) is 12.8 Å². The Morgan fingerprint density at radius 2 is 2.19 bits per heavy atom. The molecule has 0 aromatic rings. The van der Waals surface area contributed by atoms with Crippen molar-refractivity contribution in [2.24, 2.45) is 0 Å². The van der Waals surface area contributed by atoms with Gasteiger partial charge in [-0.3, -0.25) is 4.90 Å². The quantitative estimate of drug-likeness (QED) is 0.653. The molecule has 1 saturated carbocycles. The molecule has 2 aliphatic rings. The van der Waals surface area contributed by atoms with Gasteiger partial charge in [-0.2, -0.15) is 0 Å². The van der Waals surface area contributed by atoms with Crippen LogP contribution in [0.2, 0.25) is 5.31 Å². The Kier molecular flexibility index (Phi) is 3.92. The van der Waals surface area contributed by atoms with Gasteiger partial charge in [-0.1, -0.05) is 31.5 Å². The van der Waals surface area contributed by atoms with Crippen LogP contribution in [0.15, 0.2) is 0 Å². The third kappa shape index (κ3) is 2.60. The lowest BCUT2D eigenvalue weighted by atomic mass is 9.62. The van der Waals surface area contributed by atoms with Crippen LogP contribution in [0.25, 0.3) is 0 Å². The van der Waals surface area contributed by atoms with Crippen molar-refractivity contribution in [1.82, 2.24) is 4.90 Å². The van der Waals surface area contributed by atoms with Crippen molar-refractivity contribution in [1.29, 1.82) is 0 Å². The molecule has 0 N–H and O–H groups in total. The third-order valence-electron chi connectivity index (χ3n) is 3.94. The van der Waals surface area contributed by atoms with Crippen molar-refractivity contribution in [3.63, 3.8) is 0 Å². The number of hydrogen-bond acceptors (Lipinski definition) is 3. The molecule has 16 heavy (non-hydrogen) atoms. The van der Waals surface area contributed by atoms with Crippen LogP contribution in [0.4, 0.5) is 0 Å². The summed E-state index contributed by atoms with van der Waals surface area (Å²) in [7, 11) is 8.51. The van der Waals surface area contributed by atoms with Gasteiger partial charge >= 0.3 is 0 Å². The molecule has 0 aromatic carbocycles. The maximum Gasteiger partial charge on any atom is 0.159 e. The van der Waals surface area contributed by atoms with Gasteiger partial charge in [0.25, 0.3) is 0 Å². The Bertz CT molecular complexity index is 249. The standard InChI is InChI=1S/C12H22BNOS/c1-12(13)7-5-4-6-9-10(8-12)15-11(16-3)14(9)2/h9-11H,4-8H2,1-3H3/t9?,10?,11-,12?/m1/s1. The average molecular weight is 239 g/mol. The van der Waals surface area contributed by atoms with Gasteiger partial charge in [0.2, 0.25) is 0 Å². The fourth-order valence-electron chi connectivity index (χ4n) is 2.99. The van der Waals surface area contributed by atoms with Crippen molar-refractivity contribution < 1.29 is 4.74 Å². The first kappa shape index (κ1) is 12.8. The Morgan fingerprint density at radius 1 is 1.44 bits per heavy atom. The van der Waals surface area contributed by atoms with E-state index in [1.54, 1.807) is 11.8 Å². The number of thioether (sulfide) groups is 1. The second-order valence-electron chi connectivity index (χ2n) is 5.55. The molecule has 2 fully saturated rings. The fourth-order valence-corrected chi connectivity index (χ4v) is 3.74. The lowest BCUT2D eigenvalue weighted by Crippen LogP contribution is -2.37. The van der Waals surface area contributed by atoms with Crippen LogP contribution in [-0.2, 0) is 4.74 Å². The van der Waals surface area contributed by atoms with Gasteiger partial charge in [0, 0.05) is 6.04 Å². The molecule has 2 rings (SSSR count). The van der Waals surface area contributed by atoms with Gasteiger partial charge in [-0.15, -0.1) is 11.8 Å². The topological polar surface area (TPSA) is 12.5 Å². The molecule has 1 saturated heterocycles. The molecule has 2 radical (unpaired) electrons. The summed E-state index contributed by atoms with van der Waals surface area (Å²) >= 11 is 1.78. The number of rotatable bonds is 1. The molecule has 3 unspecified atom stereocenters. The average Bonchev–Trinajstić information content (AvgIpc) is 2.47. The summed E-state index contributed by atoms with van der Waals surface area (Å²) in [6.07, 6.45) is 8.37. The molecule has 0 bridgehead atoms. The molecule has 4 atom stereocenters. The van der Waals surface area contributed by atoms with E-state index in [1.807, 2.05) is 0 Å². The molecule has 1 aliphatic carbocycles. The van der Waals surface area contributed by atoms with Crippen LogP contribution in [0.5, 0.6) is 0 Å². The van der Waals surface area contributed by atoms with E-state index in [0.29, 0.717) is 12.1 Å². The van der Waals surface area contributed by atoms with Crippen LogP contribution in [0.3, 0.4) is 0 Å². The fraction of sp³-hybridized carbons (Fsp3) is 1.00. The molecular formula is C12H22BNOS. The van der Waals surface area contributed by atoms with E-state index in [2.05, 4.69) is 25.1 Å². The predicted octanol–water partition coefficient (Wildman–Crippen LogP) is 2.64. The first-order chi connectivity index (χ1) is 7.53. The highest BCUT2D eigenvalue weighted by Gasteiger charge is 2.42. The minimum Gasteiger partial charge on any atom is -0.349 e. The maximum atomic E-state index is 6.33. The lowest BCUT2D eigenvalue weighted by molar-refractivity contribution is 0.0551. The Morgan fingerprint density at radius 3 is 2.88 bits per heavy atom. The zero-order chi connectivity index (χ0) is 11.8. The molecule has 0 amide bonds. The molecule has 1 aliphatic heterocycles. The second kappa shape index (κ2) is 4.91. The smallest absolute Gasteiger partial charge is 0.159 e.